The second-order valence-electron chi connectivity index (χ2n) is 7.74. The van der Waals surface area contributed by atoms with E-state index in [-0.39, 0.29) is 18.5 Å². The molecule has 0 bridgehead atoms. The van der Waals surface area contributed by atoms with Gasteiger partial charge in [-0.15, -0.1) is 0 Å². The van der Waals surface area contributed by atoms with Crippen LogP contribution in [0.3, 0.4) is 0 Å². The Morgan fingerprint density at radius 1 is 1.33 bits per heavy atom. The minimum absolute atomic E-state index is 0.0166. The number of nitrogens with one attached hydrogen (secondary N) is 3. The number of carbonyl (C=O) groups is 4. The van der Waals surface area contributed by atoms with Crippen molar-refractivity contribution in [3.8, 4) is 5.75 Å². The molecule has 10 nitrogen and oxygen atoms in total. The lowest BCUT2D eigenvalue weighted by Gasteiger charge is -2.32. The zero-order chi connectivity index (χ0) is 21.9. The summed E-state index contributed by atoms with van der Waals surface area (Å²) < 4.78 is 5.19. The van der Waals surface area contributed by atoms with Crippen molar-refractivity contribution >= 4 is 23.8 Å². The maximum Gasteiger partial charge on any atom is 0.344 e. The van der Waals surface area contributed by atoms with Crippen LogP contribution >= 0.6 is 0 Å². The Bertz CT molecular complexity index is 860. The van der Waals surface area contributed by atoms with Gasteiger partial charge in [0.1, 0.15) is 11.3 Å². The number of ether oxygens (including phenoxy) is 1. The average molecular weight is 417 g/mol. The van der Waals surface area contributed by atoms with Gasteiger partial charge >= 0.3 is 6.03 Å². The first-order chi connectivity index (χ1) is 14.2. The summed E-state index contributed by atoms with van der Waals surface area (Å²) in [7, 11) is 1.51. The van der Waals surface area contributed by atoms with Gasteiger partial charge in [0.15, 0.2) is 0 Å². The number of hydrogen-bond donors (Lipinski definition) is 3. The van der Waals surface area contributed by atoms with Crippen LogP contribution in [0.1, 0.15) is 32.3 Å². The van der Waals surface area contributed by atoms with Crippen molar-refractivity contribution in [2.75, 3.05) is 26.7 Å². The number of nitrogens with zero attached hydrogens (tertiary/aromatic N) is 2. The number of hydrazine groups is 1. The summed E-state index contributed by atoms with van der Waals surface area (Å²) >= 11 is 0. The zero-order valence-corrected chi connectivity index (χ0v) is 17.4. The van der Waals surface area contributed by atoms with E-state index in [0.29, 0.717) is 24.4 Å². The van der Waals surface area contributed by atoms with E-state index in [0.717, 1.165) is 17.9 Å². The number of likely N-dealkylation sites (tertiary alicyclic amines) is 1. The van der Waals surface area contributed by atoms with Gasteiger partial charge in [0.2, 0.25) is 5.91 Å². The molecule has 3 rings (SSSR count). The molecule has 10 heteroatoms. The molecule has 0 aromatic heterocycles. The average Bonchev–Trinajstić information content (AvgIpc) is 2.92. The SMILES string of the molecule is COc1cccc(C2(C)NC(=O)N(NC(=O)CN3CCCC(NC(C)=O)C3)C2=O)c1. The molecule has 2 fully saturated rings. The molecule has 162 valence electrons. The molecular weight excluding hydrogens is 390 g/mol. The summed E-state index contributed by atoms with van der Waals surface area (Å²) in [5.74, 6) is -0.611. The van der Waals surface area contributed by atoms with Gasteiger partial charge in [-0.05, 0) is 44.0 Å². The molecule has 2 aliphatic rings. The van der Waals surface area contributed by atoms with Gasteiger partial charge in [0.25, 0.3) is 11.8 Å². The molecule has 1 aromatic carbocycles. The first-order valence-corrected chi connectivity index (χ1v) is 9.83. The van der Waals surface area contributed by atoms with Crippen molar-refractivity contribution in [3.05, 3.63) is 29.8 Å². The van der Waals surface area contributed by atoms with Gasteiger partial charge in [-0.1, -0.05) is 12.1 Å². The van der Waals surface area contributed by atoms with E-state index >= 15 is 0 Å². The smallest absolute Gasteiger partial charge is 0.344 e. The molecule has 3 N–H and O–H groups in total. The highest BCUT2D eigenvalue weighted by Gasteiger charge is 2.50. The Morgan fingerprint density at radius 2 is 2.10 bits per heavy atom. The van der Waals surface area contributed by atoms with Crippen LogP contribution in [0.15, 0.2) is 24.3 Å². The maximum absolute atomic E-state index is 13.0. The van der Waals surface area contributed by atoms with Crippen LogP contribution in [-0.4, -0.2) is 66.4 Å². The van der Waals surface area contributed by atoms with Crippen LogP contribution in [0.25, 0.3) is 0 Å². The van der Waals surface area contributed by atoms with E-state index < -0.39 is 23.4 Å². The van der Waals surface area contributed by atoms with E-state index in [1.807, 2.05) is 4.90 Å². The maximum atomic E-state index is 13.0. The van der Waals surface area contributed by atoms with Gasteiger partial charge < -0.3 is 15.4 Å². The highest BCUT2D eigenvalue weighted by molar-refractivity contribution is 6.08. The van der Waals surface area contributed by atoms with Crippen molar-refractivity contribution in [1.29, 1.82) is 0 Å². The number of amides is 5. The zero-order valence-electron chi connectivity index (χ0n) is 17.4. The largest absolute Gasteiger partial charge is 0.497 e. The van der Waals surface area contributed by atoms with Crippen molar-refractivity contribution in [2.45, 2.75) is 38.3 Å². The lowest BCUT2D eigenvalue weighted by molar-refractivity contribution is -0.139. The topological polar surface area (TPSA) is 120 Å². The molecule has 1 aromatic rings. The molecule has 2 heterocycles. The number of rotatable bonds is 6. The van der Waals surface area contributed by atoms with Gasteiger partial charge in [-0.3, -0.25) is 24.7 Å². The summed E-state index contributed by atoms with van der Waals surface area (Å²) in [5.41, 5.74) is 1.64. The normalized spacial score (nSPS) is 24.4. The third kappa shape index (κ3) is 4.54. The van der Waals surface area contributed by atoms with E-state index in [4.69, 9.17) is 4.74 Å². The summed E-state index contributed by atoms with van der Waals surface area (Å²) in [6, 6.07) is 6.12. The van der Waals surface area contributed by atoms with Crippen molar-refractivity contribution in [2.24, 2.45) is 0 Å². The number of hydrogen-bond acceptors (Lipinski definition) is 6. The van der Waals surface area contributed by atoms with Gasteiger partial charge in [-0.25, -0.2) is 4.79 Å². The quantitative estimate of drug-likeness (QED) is 0.565. The van der Waals surface area contributed by atoms with Gasteiger partial charge in [0.05, 0.1) is 13.7 Å². The molecule has 0 aliphatic carbocycles. The predicted octanol–water partition coefficient (Wildman–Crippen LogP) is 0.0939. The van der Waals surface area contributed by atoms with E-state index in [2.05, 4.69) is 16.1 Å². The molecule has 0 spiro atoms. The molecule has 5 amide bonds. The summed E-state index contributed by atoms with van der Waals surface area (Å²) in [5, 5.41) is 6.22. The van der Waals surface area contributed by atoms with Crippen LogP contribution in [0.4, 0.5) is 4.79 Å². The summed E-state index contributed by atoms with van der Waals surface area (Å²) in [6.45, 7) is 4.29. The van der Waals surface area contributed by atoms with E-state index in [9.17, 15) is 19.2 Å². The first-order valence-electron chi connectivity index (χ1n) is 9.83. The van der Waals surface area contributed by atoms with Crippen LogP contribution in [0.5, 0.6) is 5.75 Å². The molecule has 0 saturated carbocycles. The number of imide groups is 1. The number of piperidine rings is 1. The lowest BCUT2D eigenvalue weighted by atomic mass is 9.92. The molecule has 2 atom stereocenters. The lowest BCUT2D eigenvalue weighted by Crippen LogP contribution is -2.53. The molecular formula is C20H27N5O5. The second-order valence-corrected chi connectivity index (χ2v) is 7.74. The first kappa shape index (κ1) is 21.6. The Hall–Kier alpha value is -3.14. The number of carbonyl (C=O) groups excluding carboxylic acids is 4. The molecule has 2 aliphatic heterocycles. The minimum Gasteiger partial charge on any atom is -0.497 e. The third-order valence-corrected chi connectivity index (χ3v) is 5.35. The Kier molecular flexibility index (Phi) is 6.25. The molecule has 0 radical (unpaired) electrons. The van der Waals surface area contributed by atoms with Crippen molar-refractivity contribution < 1.29 is 23.9 Å². The van der Waals surface area contributed by atoms with Crippen LogP contribution < -0.4 is 20.8 Å². The fourth-order valence-electron chi connectivity index (χ4n) is 3.84. The predicted molar refractivity (Wildman–Crippen MR) is 107 cm³/mol. The monoisotopic (exact) mass is 417 g/mol. The minimum atomic E-state index is -1.32. The number of methoxy groups -OCH3 is 1. The summed E-state index contributed by atoms with van der Waals surface area (Å²) in [6.07, 6.45) is 1.69. The van der Waals surface area contributed by atoms with Crippen LogP contribution in [0.2, 0.25) is 0 Å². The highest BCUT2D eigenvalue weighted by Crippen LogP contribution is 2.30. The van der Waals surface area contributed by atoms with Gasteiger partial charge in [-0.2, -0.15) is 5.01 Å². The van der Waals surface area contributed by atoms with Crippen LogP contribution in [-0.2, 0) is 19.9 Å². The van der Waals surface area contributed by atoms with Crippen molar-refractivity contribution in [3.63, 3.8) is 0 Å². The number of benzene rings is 1. The third-order valence-electron chi connectivity index (χ3n) is 5.35. The Balaban J connectivity index is 1.63. The highest BCUT2D eigenvalue weighted by atomic mass is 16.5. The Labute approximate surface area is 174 Å². The Morgan fingerprint density at radius 3 is 2.80 bits per heavy atom. The standard InChI is InChI=1S/C20H27N5O5/c1-13(26)21-15-7-5-9-24(11-15)12-17(27)23-25-18(28)20(2,22-19(25)29)14-6-4-8-16(10-14)30-3/h4,6,8,10,15H,5,7,9,11-12H2,1-3H3,(H,21,26)(H,22,29)(H,23,27). The van der Waals surface area contributed by atoms with Crippen LogP contribution in [0, 0.1) is 0 Å². The fraction of sp³-hybridized carbons (Fsp3) is 0.500. The molecule has 2 unspecified atom stereocenters. The second kappa shape index (κ2) is 8.70. The van der Waals surface area contributed by atoms with E-state index in [1.54, 1.807) is 31.2 Å². The molecule has 2 saturated heterocycles. The van der Waals surface area contributed by atoms with E-state index in [1.165, 1.54) is 14.0 Å². The number of urea groups is 1. The van der Waals surface area contributed by atoms with Crippen molar-refractivity contribution in [1.82, 2.24) is 26.0 Å². The van der Waals surface area contributed by atoms with Gasteiger partial charge in [0, 0.05) is 19.5 Å². The molecule has 30 heavy (non-hydrogen) atoms. The fourth-order valence-corrected chi connectivity index (χ4v) is 3.84. The summed E-state index contributed by atoms with van der Waals surface area (Å²) in [4.78, 5) is 51.0.